The maximum atomic E-state index is 13.6. The van der Waals surface area contributed by atoms with Gasteiger partial charge < -0.3 is 15.4 Å². The third-order valence-corrected chi connectivity index (χ3v) is 2.76. The maximum Gasteiger partial charge on any atom is 0.167 e. The highest BCUT2D eigenvalue weighted by Gasteiger charge is 2.04. The van der Waals surface area contributed by atoms with Gasteiger partial charge in [0.2, 0.25) is 0 Å². The Labute approximate surface area is 118 Å². The molecular weight excluding hydrogens is 257 g/mol. The van der Waals surface area contributed by atoms with Gasteiger partial charge in [-0.05, 0) is 24.6 Å². The number of halogens is 1. The van der Waals surface area contributed by atoms with E-state index in [1.807, 2.05) is 12.1 Å². The summed E-state index contributed by atoms with van der Waals surface area (Å²) >= 11 is 0. The summed E-state index contributed by atoms with van der Waals surface area (Å²) in [6, 6.07) is 8.48. The Morgan fingerprint density at radius 1 is 1.20 bits per heavy atom. The number of hydrogen-bond donors (Lipinski definition) is 2. The monoisotopic (exact) mass is 275 g/mol. The fourth-order valence-electron chi connectivity index (χ4n) is 1.77. The van der Waals surface area contributed by atoms with Gasteiger partial charge in [0.1, 0.15) is 5.82 Å². The average Bonchev–Trinajstić information content (AvgIpc) is 2.46. The minimum Gasteiger partial charge on any atom is -0.494 e. The number of hydrogen-bond acceptors (Lipinski definition) is 4. The molecule has 5 heteroatoms. The fraction of sp³-hybridized carbons (Fsp3) is 0.267. The first kappa shape index (κ1) is 14.1. The Morgan fingerprint density at radius 2 is 2.00 bits per heavy atom. The summed E-state index contributed by atoms with van der Waals surface area (Å²) in [5.74, 6) is 0.636. The predicted octanol–water partition coefficient (Wildman–Crippen LogP) is 3.79. The molecule has 2 aromatic rings. The number of methoxy groups -OCH3 is 1. The van der Waals surface area contributed by atoms with Crippen LogP contribution in [0.25, 0.3) is 0 Å². The van der Waals surface area contributed by atoms with Crippen LogP contribution < -0.4 is 15.4 Å². The van der Waals surface area contributed by atoms with Gasteiger partial charge in [-0.1, -0.05) is 6.92 Å². The molecule has 0 atom stereocenters. The Kier molecular flexibility index (Phi) is 4.76. The van der Waals surface area contributed by atoms with E-state index in [9.17, 15) is 4.39 Å². The molecule has 0 saturated heterocycles. The summed E-state index contributed by atoms with van der Waals surface area (Å²) in [6.07, 6.45) is 2.74. The summed E-state index contributed by atoms with van der Waals surface area (Å²) in [4.78, 5) is 4.22. The summed E-state index contributed by atoms with van der Waals surface area (Å²) < 4.78 is 18.5. The molecule has 0 spiro atoms. The first-order valence-electron chi connectivity index (χ1n) is 6.53. The van der Waals surface area contributed by atoms with Crippen LogP contribution in [0.1, 0.15) is 13.3 Å². The summed E-state index contributed by atoms with van der Waals surface area (Å²) in [5.41, 5.74) is 1.51. The second kappa shape index (κ2) is 6.75. The second-order valence-electron chi connectivity index (χ2n) is 4.33. The lowest BCUT2D eigenvalue weighted by atomic mass is 10.2. The molecular formula is C15H18FN3O. The van der Waals surface area contributed by atoms with Crippen molar-refractivity contribution in [3.8, 4) is 5.75 Å². The fourth-order valence-corrected chi connectivity index (χ4v) is 1.77. The normalized spacial score (nSPS) is 10.2. The number of benzene rings is 1. The molecule has 0 aliphatic carbocycles. The molecule has 1 heterocycles. The van der Waals surface area contributed by atoms with E-state index in [2.05, 4.69) is 22.5 Å². The third-order valence-electron chi connectivity index (χ3n) is 2.76. The van der Waals surface area contributed by atoms with Crippen LogP contribution in [0, 0.1) is 5.82 Å². The highest BCUT2D eigenvalue weighted by Crippen LogP contribution is 2.24. The molecule has 0 aliphatic heterocycles. The molecule has 106 valence electrons. The third kappa shape index (κ3) is 3.60. The van der Waals surface area contributed by atoms with Gasteiger partial charge >= 0.3 is 0 Å². The molecule has 0 amide bonds. The van der Waals surface area contributed by atoms with Crippen molar-refractivity contribution in [2.75, 3.05) is 24.3 Å². The first-order chi connectivity index (χ1) is 9.72. The second-order valence-corrected chi connectivity index (χ2v) is 4.33. The molecule has 20 heavy (non-hydrogen) atoms. The number of rotatable bonds is 6. The van der Waals surface area contributed by atoms with Crippen LogP contribution >= 0.6 is 0 Å². The van der Waals surface area contributed by atoms with E-state index >= 15 is 0 Å². The smallest absolute Gasteiger partial charge is 0.167 e. The molecule has 0 unspecified atom stereocenters. The number of nitrogens with one attached hydrogen (secondary N) is 2. The van der Waals surface area contributed by atoms with Crippen LogP contribution in [0.5, 0.6) is 5.75 Å². The van der Waals surface area contributed by atoms with Crippen molar-refractivity contribution in [2.24, 2.45) is 0 Å². The Balaban J connectivity index is 2.11. The zero-order valence-corrected chi connectivity index (χ0v) is 11.6. The van der Waals surface area contributed by atoms with E-state index in [-0.39, 0.29) is 5.75 Å². The highest BCUT2D eigenvalue weighted by atomic mass is 19.1. The lowest BCUT2D eigenvalue weighted by molar-refractivity contribution is 0.386. The van der Waals surface area contributed by atoms with Gasteiger partial charge in [-0.15, -0.1) is 0 Å². The molecule has 0 bridgehead atoms. The van der Waals surface area contributed by atoms with Gasteiger partial charge in [0, 0.05) is 36.2 Å². The Hall–Kier alpha value is -2.30. The van der Waals surface area contributed by atoms with Crippen LogP contribution in [-0.2, 0) is 0 Å². The quantitative estimate of drug-likeness (QED) is 0.842. The van der Waals surface area contributed by atoms with Crippen molar-refractivity contribution >= 4 is 17.2 Å². The molecule has 4 nitrogen and oxygen atoms in total. The molecule has 1 aromatic heterocycles. The van der Waals surface area contributed by atoms with Crippen molar-refractivity contribution in [3.05, 3.63) is 42.3 Å². The zero-order valence-electron chi connectivity index (χ0n) is 11.6. The Morgan fingerprint density at radius 3 is 2.70 bits per heavy atom. The molecule has 1 aromatic carbocycles. The highest BCUT2D eigenvalue weighted by molar-refractivity contribution is 5.63. The van der Waals surface area contributed by atoms with Crippen molar-refractivity contribution in [3.63, 3.8) is 0 Å². The van der Waals surface area contributed by atoms with Crippen LogP contribution in [0.15, 0.2) is 36.5 Å². The summed E-state index contributed by atoms with van der Waals surface area (Å²) in [6.45, 7) is 2.96. The van der Waals surface area contributed by atoms with Crippen molar-refractivity contribution in [1.82, 2.24) is 4.98 Å². The van der Waals surface area contributed by atoms with Gasteiger partial charge in [0.15, 0.2) is 11.6 Å². The molecule has 0 aliphatic rings. The summed E-state index contributed by atoms with van der Waals surface area (Å²) in [7, 11) is 1.44. The predicted molar refractivity (Wildman–Crippen MR) is 79.3 cm³/mol. The van der Waals surface area contributed by atoms with E-state index in [4.69, 9.17) is 4.74 Å². The number of pyridine rings is 1. The molecule has 0 saturated carbocycles. The van der Waals surface area contributed by atoms with Crippen molar-refractivity contribution < 1.29 is 9.13 Å². The van der Waals surface area contributed by atoms with E-state index in [0.717, 1.165) is 24.5 Å². The number of aromatic nitrogens is 1. The van der Waals surface area contributed by atoms with Crippen LogP contribution in [-0.4, -0.2) is 18.6 Å². The van der Waals surface area contributed by atoms with E-state index in [1.54, 1.807) is 18.3 Å². The van der Waals surface area contributed by atoms with Crippen LogP contribution in [0.4, 0.5) is 21.6 Å². The number of nitrogens with zero attached hydrogens (tertiary/aromatic N) is 1. The number of anilines is 3. The topological polar surface area (TPSA) is 46.2 Å². The minimum absolute atomic E-state index is 0.232. The molecule has 2 rings (SSSR count). The first-order valence-corrected chi connectivity index (χ1v) is 6.53. The van der Waals surface area contributed by atoms with E-state index in [1.165, 1.54) is 13.2 Å². The number of ether oxygens (including phenoxy) is 1. The minimum atomic E-state index is -0.393. The largest absolute Gasteiger partial charge is 0.494 e. The van der Waals surface area contributed by atoms with Gasteiger partial charge in [0.05, 0.1) is 7.11 Å². The van der Waals surface area contributed by atoms with Gasteiger partial charge in [-0.2, -0.15) is 0 Å². The molecule has 0 fully saturated rings. The van der Waals surface area contributed by atoms with Gasteiger partial charge in [-0.3, -0.25) is 0 Å². The standard InChI is InChI=1S/C15H18FN3O/c1-3-7-17-15-10-12(6-8-18-15)19-11-4-5-14(20-2)13(16)9-11/h4-6,8-10H,3,7H2,1-2H3,(H2,17,18,19). The zero-order chi connectivity index (χ0) is 14.4. The lowest BCUT2D eigenvalue weighted by Gasteiger charge is -2.10. The van der Waals surface area contributed by atoms with E-state index in [0.29, 0.717) is 5.69 Å². The molecule has 0 radical (unpaired) electrons. The van der Waals surface area contributed by atoms with Crippen LogP contribution in [0.3, 0.4) is 0 Å². The van der Waals surface area contributed by atoms with Gasteiger partial charge in [-0.25, -0.2) is 9.37 Å². The van der Waals surface area contributed by atoms with Crippen molar-refractivity contribution in [1.29, 1.82) is 0 Å². The molecule has 2 N–H and O–H groups in total. The average molecular weight is 275 g/mol. The summed E-state index contributed by atoms with van der Waals surface area (Å²) in [5, 5.41) is 6.34. The van der Waals surface area contributed by atoms with Crippen molar-refractivity contribution in [2.45, 2.75) is 13.3 Å². The SMILES string of the molecule is CCCNc1cc(Nc2ccc(OC)c(F)c2)ccn1. The maximum absolute atomic E-state index is 13.6. The van der Waals surface area contributed by atoms with E-state index < -0.39 is 5.82 Å². The van der Waals surface area contributed by atoms with Gasteiger partial charge in [0.25, 0.3) is 0 Å². The Bertz CT molecular complexity index is 575. The van der Waals surface area contributed by atoms with Crippen LogP contribution in [0.2, 0.25) is 0 Å². The lowest BCUT2D eigenvalue weighted by Crippen LogP contribution is -2.02.